The number of hydrogen-bond donors (Lipinski definition) is 1. The van der Waals surface area contributed by atoms with Gasteiger partial charge in [-0.1, -0.05) is 6.07 Å². The number of carbonyl (C=O) groups excluding carboxylic acids is 1. The summed E-state index contributed by atoms with van der Waals surface area (Å²) >= 11 is 0. The van der Waals surface area contributed by atoms with Crippen LogP contribution in [-0.4, -0.2) is 39.6 Å². The molecule has 1 saturated heterocycles. The Morgan fingerprint density at radius 2 is 1.92 bits per heavy atom. The fourth-order valence-electron chi connectivity index (χ4n) is 3.02. The molecule has 1 aliphatic heterocycles. The molecule has 0 radical (unpaired) electrons. The number of hydrogen-bond acceptors (Lipinski definition) is 5. The Morgan fingerprint density at radius 3 is 2.46 bits per heavy atom. The SMILES string of the molecule is CON1CCC(CC(=O)NS(=O)(=O)c2cccc(C(F)(F)F)c2C)CC1. The number of carbonyl (C=O) groups is 1. The van der Waals surface area contributed by atoms with Gasteiger partial charge in [0.25, 0.3) is 10.0 Å². The Labute approximate surface area is 150 Å². The van der Waals surface area contributed by atoms with Crippen LogP contribution in [0.5, 0.6) is 0 Å². The molecule has 1 aliphatic rings. The largest absolute Gasteiger partial charge is 0.416 e. The molecule has 26 heavy (non-hydrogen) atoms. The lowest BCUT2D eigenvalue weighted by molar-refractivity contribution is -0.149. The molecular formula is C16H21F3N2O4S. The van der Waals surface area contributed by atoms with Gasteiger partial charge in [-0.2, -0.15) is 18.2 Å². The third-order valence-corrected chi connectivity index (χ3v) is 5.95. The van der Waals surface area contributed by atoms with Crippen LogP contribution in [0.2, 0.25) is 0 Å². The van der Waals surface area contributed by atoms with Crippen molar-refractivity contribution in [3.8, 4) is 0 Å². The van der Waals surface area contributed by atoms with Crippen LogP contribution in [0.4, 0.5) is 13.2 Å². The molecule has 1 amide bonds. The van der Waals surface area contributed by atoms with Crippen molar-refractivity contribution >= 4 is 15.9 Å². The predicted octanol–water partition coefficient (Wildman–Crippen LogP) is 2.48. The van der Waals surface area contributed by atoms with Gasteiger partial charge >= 0.3 is 6.18 Å². The summed E-state index contributed by atoms with van der Waals surface area (Å²) in [7, 11) is -2.82. The van der Waals surface area contributed by atoms with Crippen LogP contribution >= 0.6 is 0 Å². The minimum Gasteiger partial charge on any atom is -0.302 e. The minimum atomic E-state index is -4.67. The van der Waals surface area contributed by atoms with Gasteiger partial charge in [-0.05, 0) is 43.4 Å². The third kappa shape index (κ3) is 4.95. The highest BCUT2D eigenvalue weighted by molar-refractivity contribution is 7.90. The van der Waals surface area contributed by atoms with Gasteiger partial charge in [-0.15, -0.1) is 0 Å². The Hall–Kier alpha value is -1.65. The molecule has 0 saturated carbocycles. The van der Waals surface area contributed by atoms with Gasteiger partial charge in [0.15, 0.2) is 0 Å². The van der Waals surface area contributed by atoms with Crippen molar-refractivity contribution in [3.63, 3.8) is 0 Å². The topological polar surface area (TPSA) is 75.7 Å². The second kappa shape index (κ2) is 7.93. The third-order valence-electron chi connectivity index (χ3n) is 4.43. The van der Waals surface area contributed by atoms with Gasteiger partial charge in [0.05, 0.1) is 17.6 Å². The molecule has 1 aromatic carbocycles. The van der Waals surface area contributed by atoms with Gasteiger partial charge in [-0.3, -0.25) is 4.79 Å². The number of alkyl halides is 3. The first-order chi connectivity index (χ1) is 12.0. The lowest BCUT2D eigenvalue weighted by Crippen LogP contribution is -2.37. The Kier molecular flexibility index (Phi) is 6.30. The van der Waals surface area contributed by atoms with Crippen LogP contribution in [0.15, 0.2) is 23.1 Å². The molecule has 0 aliphatic carbocycles. The second-order valence-corrected chi connectivity index (χ2v) is 7.87. The summed E-state index contributed by atoms with van der Waals surface area (Å²) in [6.45, 7) is 2.34. The zero-order valence-electron chi connectivity index (χ0n) is 14.5. The predicted molar refractivity (Wildman–Crippen MR) is 87.4 cm³/mol. The molecule has 0 spiro atoms. The molecular weight excluding hydrogens is 373 g/mol. The number of sulfonamides is 1. The Morgan fingerprint density at radius 1 is 1.31 bits per heavy atom. The number of amides is 1. The minimum absolute atomic E-state index is 0.000735. The average molecular weight is 394 g/mol. The summed E-state index contributed by atoms with van der Waals surface area (Å²) in [5, 5.41) is 1.75. The molecule has 1 aromatic rings. The monoisotopic (exact) mass is 394 g/mol. The standard InChI is InChI=1S/C16H21F3N2O4S/c1-11-13(16(17,18)19)4-3-5-14(11)26(23,24)20-15(22)10-12-6-8-21(25-2)9-7-12/h3-5,12H,6-10H2,1-2H3,(H,20,22). The molecule has 6 nitrogen and oxygen atoms in total. The van der Waals surface area contributed by atoms with Crippen molar-refractivity contribution in [1.82, 2.24) is 9.79 Å². The lowest BCUT2D eigenvalue weighted by atomic mass is 9.94. The number of hydroxylamine groups is 2. The highest BCUT2D eigenvalue weighted by atomic mass is 32.2. The molecule has 1 heterocycles. The van der Waals surface area contributed by atoms with Crippen molar-refractivity contribution in [2.75, 3.05) is 20.2 Å². The summed E-state index contributed by atoms with van der Waals surface area (Å²) in [5.74, 6) is -0.725. The number of rotatable bonds is 5. The summed E-state index contributed by atoms with van der Waals surface area (Å²) in [4.78, 5) is 16.6. The van der Waals surface area contributed by atoms with Crippen molar-refractivity contribution in [2.45, 2.75) is 37.3 Å². The number of nitrogens with one attached hydrogen (secondary N) is 1. The molecule has 1 N–H and O–H groups in total. The van der Waals surface area contributed by atoms with E-state index in [-0.39, 0.29) is 12.3 Å². The van der Waals surface area contributed by atoms with Crippen LogP contribution in [0.3, 0.4) is 0 Å². The summed E-state index contributed by atoms with van der Waals surface area (Å²) in [6.07, 6.45) is -3.34. The van der Waals surface area contributed by atoms with E-state index in [2.05, 4.69) is 0 Å². The molecule has 0 unspecified atom stereocenters. The maximum absolute atomic E-state index is 13.0. The highest BCUT2D eigenvalue weighted by Gasteiger charge is 2.35. The van der Waals surface area contributed by atoms with Gasteiger partial charge in [0.2, 0.25) is 5.91 Å². The van der Waals surface area contributed by atoms with Gasteiger partial charge in [-0.25, -0.2) is 13.1 Å². The summed E-state index contributed by atoms with van der Waals surface area (Å²) in [5.41, 5.74) is -1.48. The molecule has 10 heteroatoms. The van der Waals surface area contributed by atoms with E-state index >= 15 is 0 Å². The van der Waals surface area contributed by atoms with Crippen LogP contribution in [-0.2, 0) is 25.8 Å². The zero-order chi connectivity index (χ0) is 19.5. The van der Waals surface area contributed by atoms with Gasteiger partial charge in [0, 0.05) is 19.5 Å². The summed E-state index contributed by atoms with van der Waals surface area (Å²) < 4.78 is 65.5. The van der Waals surface area contributed by atoms with Crippen LogP contribution in [0.1, 0.15) is 30.4 Å². The first kappa shape index (κ1) is 20.7. The normalized spacial score (nSPS) is 17.3. The first-order valence-corrected chi connectivity index (χ1v) is 9.54. The maximum Gasteiger partial charge on any atom is 0.416 e. The van der Waals surface area contributed by atoms with Crippen LogP contribution in [0.25, 0.3) is 0 Å². The molecule has 1 fully saturated rings. The van der Waals surface area contributed by atoms with E-state index in [1.165, 1.54) is 0 Å². The van der Waals surface area contributed by atoms with Gasteiger partial charge < -0.3 is 4.84 Å². The average Bonchev–Trinajstić information content (AvgIpc) is 2.53. The van der Waals surface area contributed by atoms with Crippen LogP contribution in [0, 0.1) is 12.8 Å². The van der Waals surface area contributed by atoms with E-state index in [0.29, 0.717) is 25.9 Å². The number of benzene rings is 1. The highest BCUT2D eigenvalue weighted by Crippen LogP contribution is 2.34. The van der Waals surface area contributed by atoms with Crippen molar-refractivity contribution in [2.24, 2.45) is 5.92 Å². The van der Waals surface area contributed by atoms with Crippen molar-refractivity contribution in [3.05, 3.63) is 29.3 Å². The Bertz CT molecular complexity index is 757. The fraction of sp³-hybridized carbons (Fsp3) is 0.562. The smallest absolute Gasteiger partial charge is 0.302 e. The molecule has 2 rings (SSSR count). The Balaban J connectivity index is 2.08. The molecule has 0 bridgehead atoms. The van der Waals surface area contributed by atoms with E-state index in [0.717, 1.165) is 25.1 Å². The maximum atomic E-state index is 13.0. The zero-order valence-corrected chi connectivity index (χ0v) is 15.3. The second-order valence-electron chi connectivity index (χ2n) is 6.21. The number of halogens is 3. The van der Waals surface area contributed by atoms with Gasteiger partial charge in [0.1, 0.15) is 0 Å². The molecule has 0 aromatic heterocycles. The number of piperidine rings is 1. The molecule has 0 atom stereocenters. The van der Waals surface area contributed by atoms with E-state index in [9.17, 15) is 26.4 Å². The first-order valence-electron chi connectivity index (χ1n) is 8.06. The van der Waals surface area contributed by atoms with Crippen molar-refractivity contribution < 1.29 is 31.2 Å². The van der Waals surface area contributed by atoms with Crippen LogP contribution < -0.4 is 4.72 Å². The van der Waals surface area contributed by atoms with E-state index in [1.807, 2.05) is 4.72 Å². The number of nitrogens with zero attached hydrogens (tertiary/aromatic N) is 1. The fourth-order valence-corrected chi connectivity index (χ4v) is 4.28. The van der Waals surface area contributed by atoms with E-state index in [1.54, 1.807) is 12.2 Å². The quantitative estimate of drug-likeness (QED) is 0.831. The van der Waals surface area contributed by atoms with Crippen molar-refractivity contribution in [1.29, 1.82) is 0 Å². The van der Waals surface area contributed by atoms with E-state index < -0.39 is 38.1 Å². The van der Waals surface area contributed by atoms with E-state index in [4.69, 9.17) is 4.84 Å². The summed E-state index contributed by atoms with van der Waals surface area (Å²) in [6, 6.07) is 2.87. The lowest BCUT2D eigenvalue weighted by Gasteiger charge is -2.29. The molecule has 146 valence electrons.